The van der Waals surface area contributed by atoms with Crippen molar-refractivity contribution in [3.8, 4) is 11.5 Å². The Bertz CT molecular complexity index is 1470. The highest BCUT2D eigenvalue weighted by atomic mass is 16.3. The highest BCUT2D eigenvalue weighted by molar-refractivity contribution is 6.33. The van der Waals surface area contributed by atoms with Crippen LogP contribution in [0.5, 0.6) is 11.5 Å². The van der Waals surface area contributed by atoms with Crippen LogP contribution in [0.2, 0.25) is 0 Å². The van der Waals surface area contributed by atoms with Crippen LogP contribution < -0.4 is 5.32 Å². The molecule has 0 bridgehead atoms. The van der Waals surface area contributed by atoms with Crippen molar-refractivity contribution in [1.82, 2.24) is 5.32 Å². The Kier molecular flexibility index (Phi) is 6.73. The van der Waals surface area contributed by atoms with E-state index >= 15 is 0 Å². The third kappa shape index (κ3) is 4.19. The lowest BCUT2D eigenvalue weighted by atomic mass is 9.57. The second-order valence-electron chi connectivity index (χ2n) is 11.0. The smallest absolute Gasteiger partial charge is 0.206 e. The van der Waals surface area contributed by atoms with Gasteiger partial charge in [-0.3, -0.25) is 14.4 Å². The number of nitrogens with one attached hydrogen (secondary N) is 1. The molecular formula is C31H33NO7. The maximum Gasteiger partial charge on any atom is 0.206 e. The predicted octanol–water partition coefficient (Wildman–Crippen LogP) is 3.59. The van der Waals surface area contributed by atoms with Crippen molar-refractivity contribution >= 4 is 23.1 Å². The molecule has 5 N–H and O–H groups in total. The molecule has 2 aromatic carbocycles. The fourth-order valence-corrected chi connectivity index (χ4v) is 6.63. The van der Waals surface area contributed by atoms with Crippen LogP contribution in [0.15, 0.2) is 47.1 Å². The van der Waals surface area contributed by atoms with Gasteiger partial charge in [-0.1, -0.05) is 30.7 Å². The van der Waals surface area contributed by atoms with Crippen LogP contribution in [-0.2, 0) is 40.3 Å². The summed E-state index contributed by atoms with van der Waals surface area (Å²) in [6.07, 6.45) is 1.58. The molecule has 0 amide bonds. The molecule has 8 heteroatoms. The van der Waals surface area contributed by atoms with Crippen molar-refractivity contribution < 1.29 is 34.8 Å². The first-order valence-electron chi connectivity index (χ1n) is 13.3. The van der Waals surface area contributed by atoms with Gasteiger partial charge in [-0.25, -0.2) is 0 Å². The minimum absolute atomic E-state index is 0.0522. The maximum absolute atomic E-state index is 13.8. The van der Waals surface area contributed by atoms with Gasteiger partial charge in [-0.05, 0) is 74.3 Å². The monoisotopic (exact) mass is 531 g/mol. The number of ketones is 3. The third-order valence-electron chi connectivity index (χ3n) is 8.55. The second-order valence-corrected chi connectivity index (χ2v) is 11.0. The van der Waals surface area contributed by atoms with Crippen LogP contribution in [0.3, 0.4) is 0 Å². The molecule has 0 radical (unpaired) electrons. The number of aromatic hydroxyl groups is 2. The summed E-state index contributed by atoms with van der Waals surface area (Å²) in [5.74, 6) is -3.77. The Morgan fingerprint density at radius 2 is 1.72 bits per heavy atom. The number of carbonyl (C=O) groups is 3. The van der Waals surface area contributed by atoms with Gasteiger partial charge in [0.05, 0.1) is 11.1 Å². The molecule has 204 valence electrons. The van der Waals surface area contributed by atoms with Crippen molar-refractivity contribution in [3.63, 3.8) is 0 Å². The van der Waals surface area contributed by atoms with Gasteiger partial charge in [-0.2, -0.15) is 0 Å². The number of benzene rings is 2. The molecule has 0 heterocycles. The fourth-order valence-electron chi connectivity index (χ4n) is 6.63. The van der Waals surface area contributed by atoms with E-state index in [9.17, 15) is 34.8 Å². The molecule has 0 aliphatic heterocycles. The third-order valence-corrected chi connectivity index (χ3v) is 8.55. The van der Waals surface area contributed by atoms with Crippen molar-refractivity contribution in [2.45, 2.75) is 65.1 Å². The van der Waals surface area contributed by atoms with Gasteiger partial charge >= 0.3 is 0 Å². The number of rotatable bonds is 6. The normalized spacial score (nSPS) is 24.4. The minimum Gasteiger partial charge on any atom is -0.508 e. The van der Waals surface area contributed by atoms with Crippen LogP contribution in [0.25, 0.3) is 5.76 Å². The predicted molar refractivity (Wildman–Crippen MR) is 144 cm³/mol. The number of hydrogen-bond donors (Lipinski definition) is 5. The van der Waals surface area contributed by atoms with Crippen molar-refractivity contribution in [2.24, 2.45) is 11.8 Å². The molecule has 0 aromatic heterocycles. The SMILES string of the molecule is CCc1cc(CNCc2ccc(O)cc2)c(O)c2c1C[C@H]1C[C@H]3CC(C)=C(C(C)=O)C(=O)[C@@]3(O)C(=O)C1=C2O. The molecule has 3 aliphatic carbocycles. The zero-order valence-corrected chi connectivity index (χ0v) is 22.3. The highest BCUT2D eigenvalue weighted by Gasteiger charge is 2.60. The van der Waals surface area contributed by atoms with Gasteiger partial charge in [0.2, 0.25) is 11.6 Å². The van der Waals surface area contributed by atoms with Gasteiger partial charge in [-0.15, -0.1) is 0 Å². The van der Waals surface area contributed by atoms with Crippen LogP contribution in [0.1, 0.15) is 61.4 Å². The summed E-state index contributed by atoms with van der Waals surface area (Å²) in [5, 5.41) is 47.0. The number of Topliss-reactive ketones (excluding diaryl/α,β-unsaturated/α-hetero) is 3. The van der Waals surface area contributed by atoms with Gasteiger partial charge < -0.3 is 25.7 Å². The van der Waals surface area contributed by atoms with E-state index in [4.69, 9.17) is 0 Å². The molecule has 0 saturated heterocycles. The summed E-state index contributed by atoms with van der Waals surface area (Å²) in [6.45, 7) is 5.67. The van der Waals surface area contributed by atoms with Crippen molar-refractivity contribution in [2.75, 3.05) is 0 Å². The molecule has 1 fully saturated rings. The Morgan fingerprint density at radius 3 is 2.36 bits per heavy atom. The summed E-state index contributed by atoms with van der Waals surface area (Å²) >= 11 is 0. The summed E-state index contributed by atoms with van der Waals surface area (Å²) in [5.41, 5.74) is 1.32. The number of aryl methyl sites for hydroxylation is 1. The standard InChI is InChI=1S/C31H33NO7/c1-4-18-10-20(14-32-13-17-5-7-22(34)8-6-17)27(35)26-23(18)12-19-11-21-9-15(2)24(16(3)33)29(37)31(21,39)30(38)25(19)28(26)36/h5-8,10,19,21,32,34-36,39H,4,9,11-14H2,1-3H3/t19-,21-,31-/m1/s1. The molecule has 5 rings (SSSR count). The van der Waals surface area contributed by atoms with Gasteiger partial charge in [0, 0.05) is 30.1 Å². The van der Waals surface area contributed by atoms with Crippen molar-refractivity contribution in [1.29, 1.82) is 0 Å². The first-order chi connectivity index (χ1) is 18.5. The lowest BCUT2D eigenvalue weighted by molar-refractivity contribution is -0.157. The molecule has 0 unspecified atom stereocenters. The zero-order chi connectivity index (χ0) is 28.2. The summed E-state index contributed by atoms with van der Waals surface area (Å²) in [4.78, 5) is 39.3. The number of phenolic OH excluding ortho intramolecular Hbond substituents is 2. The lowest BCUT2D eigenvalue weighted by Gasteiger charge is -2.46. The van der Waals surface area contributed by atoms with Crippen LogP contribution in [0, 0.1) is 11.8 Å². The van der Waals surface area contributed by atoms with E-state index in [1.807, 2.05) is 13.0 Å². The maximum atomic E-state index is 13.8. The number of phenols is 2. The Hall–Kier alpha value is -3.75. The molecule has 2 aromatic rings. The van der Waals surface area contributed by atoms with Gasteiger partial charge in [0.25, 0.3) is 0 Å². The average molecular weight is 532 g/mol. The quantitative estimate of drug-likeness (QED) is 0.281. The van der Waals surface area contributed by atoms with E-state index in [1.54, 1.807) is 31.2 Å². The molecule has 8 nitrogen and oxygen atoms in total. The van der Waals surface area contributed by atoms with Gasteiger partial charge in [0.1, 0.15) is 17.3 Å². The van der Waals surface area contributed by atoms with E-state index in [2.05, 4.69) is 5.32 Å². The molecule has 39 heavy (non-hydrogen) atoms. The molecule has 3 atom stereocenters. The van der Waals surface area contributed by atoms with Crippen LogP contribution in [0.4, 0.5) is 0 Å². The largest absolute Gasteiger partial charge is 0.508 e. The van der Waals surface area contributed by atoms with Crippen LogP contribution in [-0.4, -0.2) is 43.4 Å². The lowest BCUT2D eigenvalue weighted by Crippen LogP contribution is -2.61. The topological polar surface area (TPSA) is 144 Å². The number of aliphatic hydroxyl groups excluding tert-OH is 1. The number of fused-ring (bicyclic) bond motifs is 3. The van der Waals surface area contributed by atoms with E-state index in [1.165, 1.54) is 6.92 Å². The zero-order valence-electron chi connectivity index (χ0n) is 22.3. The Labute approximate surface area is 226 Å². The molecule has 3 aliphatic rings. The van der Waals surface area contributed by atoms with Gasteiger partial charge in [0.15, 0.2) is 11.4 Å². The summed E-state index contributed by atoms with van der Waals surface area (Å²) in [7, 11) is 0. The average Bonchev–Trinajstić information content (AvgIpc) is 2.88. The van der Waals surface area contributed by atoms with E-state index in [-0.39, 0.29) is 41.2 Å². The molecular weight excluding hydrogens is 498 g/mol. The number of carbonyl (C=O) groups excluding carboxylic acids is 3. The number of aliphatic hydroxyl groups is 2. The van der Waals surface area contributed by atoms with Crippen LogP contribution >= 0.6 is 0 Å². The second kappa shape index (κ2) is 9.77. The summed E-state index contributed by atoms with van der Waals surface area (Å²) < 4.78 is 0. The van der Waals surface area contributed by atoms with E-state index in [0.717, 1.165) is 16.7 Å². The Morgan fingerprint density at radius 1 is 1.03 bits per heavy atom. The fraction of sp³-hybridized carbons (Fsp3) is 0.387. The first-order valence-corrected chi connectivity index (χ1v) is 13.3. The highest BCUT2D eigenvalue weighted by Crippen LogP contribution is 2.52. The molecule has 1 saturated carbocycles. The van der Waals surface area contributed by atoms with Crippen molar-refractivity contribution in [3.05, 3.63) is 74.9 Å². The van der Waals surface area contributed by atoms with E-state index < -0.39 is 40.5 Å². The first kappa shape index (κ1) is 26.8. The van der Waals surface area contributed by atoms with E-state index in [0.29, 0.717) is 36.9 Å². The summed E-state index contributed by atoms with van der Waals surface area (Å²) in [6, 6.07) is 8.67. The Balaban J connectivity index is 1.53. The minimum atomic E-state index is -2.41. The number of hydrogen-bond acceptors (Lipinski definition) is 8. The number of allylic oxidation sites excluding steroid dienone is 1. The molecule has 0 spiro atoms.